The second kappa shape index (κ2) is 6.33. The van der Waals surface area contributed by atoms with E-state index in [9.17, 15) is 8.42 Å². The Labute approximate surface area is 131 Å². The Kier molecular flexibility index (Phi) is 4.71. The van der Waals surface area contributed by atoms with Crippen molar-refractivity contribution in [2.45, 2.75) is 11.8 Å². The first-order valence-corrected chi connectivity index (χ1v) is 8.24. The number of sulfonamides is 1. The number of pyridine rings is 1. The lowest BCUT2D eigenvalue weighted by Crippen LogP contribution is -2.11. The molecule has 0 fully saturated rings. The summed E-state index contributed by atoms with van der Waals surface area (Å²) in [4.78, 5) is 4.12. The molecule has 0 saturated heterocycles. The minimum Gasteiger partial charge on any atom is -0.278 e. The van der Waals surface area contributed by atoms with Gasteiger partial charge in [0.15, 0.2) is 0 Å². The molecule has 2 aromatic rings. The summed E-state index contributed by atoms with van der Waals surface area (Å²) < 4.78 is 23.2. The number of anilines is 1. The molecule has 1 heterocycles. The van der Waals surface area contributed by atoms with E-state index in [0.29, 0.717) is 5.69 Å². The molecule has 0 unspecified atom stereocenters. The molecule has 110 valence electrons. The van der Waals surface area contributed by atoms with Crippen molar-refractivity contribution in [2.75, 3.05) is 5.43 Å². The van der Waals surface area contributed by atoms with Gasteiger partial charge in [-0.2, -0.15) is 5.10 Å². The Morgan fingerprint density at radius 1 is 1.29 bits per heavy atom. The van der Waals surface area contributed by atoms with Gasteiger partial charge in [-0.15, -0.1) is 0 Å². The van der Waals surface area contributed by atoms with Gasteiger partial charge >= 0.3 is 0 Å². The van der Waals surface area contributed by atoms with E-state index in [4.69, 9.17) is 5.14 Å². The van der Waals surface area contributed by atoms with Crippen LogP contribution in [0.25, 0.3) is 0 Å². The highest BCUT2D eigenvalue weighted by atomic mass is 79.9. The lowest BCUT2D eigenvalue weighted by Gasteiger charge is -2.04. The van der Waals surface area contributed by atoms with Crippen molar-refractivity contribution >= 4 is 37.4 Å². The van der Waals surface area contributed by atoms with E-state index in [1.165, 1.54) is 12.1 Å². The highest BCUT2D eigenvalue weighted by Crippen LogP contribution is 2.14. The minimum atomic E-state index is -3.68. The molecule has 2 rings (SSSR count). The van der Waals surface area contributed by atoms with Crippen LogP contribution in [0.4, 0.5) is 5.69 Å². The van der Waals surface area contributed by atoms with Crippen LogP contribution in [0.5, 0.6) is 0 Å². The zero-order chi connectivity index (χ0) is 15.5. The summed E-state index contributed by atoms with van der Waals surface area (Å²) in [6.45, 7) is 1.84. The Hall–Kier alpha value is -1.77. The second-order valence-corrected chi connectivity index (χ2v) is 6.75. The zero-order valence-electron chi connectivity index (χ0n) is 11.1. The molecule has 1 aromatic heterocycles. The molecule has 8 heteroatoms. The molecule has 0 aliphatic rings. The number of rotatable bonds is 4. The van der Waals surface area contributed by atoms with Crippen LogP contribution < -0.4 is 10.6 Å². The third-order valence-electron chi connectivity index (χ3n) is 2.66. The number of hydrogen-bond acceptors (Lipinski definition) is 5. The molecule has 0 amide bonds. The highest BCUT2D eigenvalue weighted by molar-refractivity contribution is 9.10. The maximum Gasteiger partial charge on any atom is 0.238 e. The molecule has 0 atom stereocenters. The van der Waals surface area contributed by atoms with E-state index in [1.807, 2.05) is 13.0 Å². The molecule has 3 N–H and O–H groups in total. The first-order valence-electron chi connectivity index (χ1n) is 5.90. The number of primary sulfonamides is 1. The molecular formula is C13H13BrN4O2S. The SMILES string of the molecule is C/C(=N\Nc1ccc(S(N)(=O)=O)cc1)c1cncc(Br)c1. The van der Waals surface area contributed by atoms with Gasteiger partial charge in [-0.05, 0) is 53.2 Å². The van der Waals surface area contributed by atoms with Gasteiger partial charge in [0.25, 0.3) is 0 Å². The quantitative estimate of drug-likeness (QED) is 0.639. The smallest absolute Gasteiger partial charge is 0.238 e. The molecule has 6 nitrogen and oxygen atoms in total. The fourth-order valence-corrected chi connectivity index (χ4v) is 2.42. The number of aromatic nitrogens is 1. The van der Waals surface area contributed by atoms with Gasteiger partial charge in [-0.25, -0.2) is 13.6 Å². The average molecular weight is 369 g/mol. The monoisotopic (exact) mass is 368 g/mol. The zero-order valence-corrected chi connectivity index (χ0v) is 13.5. The largest absolute Gasteiger partial charge is 0.278 e. The number of nitrogens with zero attached hydrogens (tertiary/aromatic N) is 2. The van der Waals surface area contributed by atoms with Gasteiger partial charge in [-0.1, -0.05) is 0 Å². The number of hydrogen-bond donors (Lipinski definition) is 2. The molecule has 1 aromatic carbocycles. The van der Waals surface area contributed by atoms with Crippen LogP contribution in [0.2, 0.25) is 0 Å². The minimum absolute atomic E-state index is 0.0601. The lowest BCUT2D eigenvalue weighted by molar-refractivity contribution is 0.598. The van der Waals surface area contributed by atoms with Crippen LogP contribution >= 0.6 is 15.9 Å². The predicted octanol–water partition coefficient (Wildman–Crippen LogP) is 2.33. The molecule has 0 radical (unpaired) electrons. The van der Waals surface area contributed by atoms with E-state index in [2.05, 4.69) is 31.4 Å². The van der Waals surface area contributed by atoms with Crippen LogP contribution in [0, 0.1) is 0 Å². The average Bonchev–Trinajstić information content (AvgIpc) is 2.44. The van der Waals surface area contributed by atoms with E-state index in [-0.39, 0.29) is 4.90 Å². The van der Waals surface area contributed by atoms with Crippen LogP contribution in [0.15, 0.2) is 57.2 Å². The predicted molar refractivity (Wildman–Crippen MR) is 85.6 cm³/mol. The molecular weight excluding hydrogens is 356 g/mol. The maximum absolute atomic E-state index is 11.1. The molecule has 0 saturated carbocycles. The topological polar surface area (TPSA) is 97.4 Å². The molecule has 0 aliphatic carbocycles. The maximum atomic E-state index is 11.1. The van der Waals surface area contributed by atoms with Crippen molar-refractivity contribution in [1.29, 1.82) is 0 Å². The first-order chi connectivity index (χ1) is 9.86. The van der Waals surface area contributed by atoms with E-state index in [1.54, 1.807) is 24.5 Å². The molecule has 0 aliphatic heterocycles. The Bertz CT molecular complexity index is 773. The van der Waals surface area contributed by atoms with Crippen molar-refractivity contribution < 1.29 is 8.42 Å². The summed E-state index contributed by atoms with van der Waals surface area (Å²) in [7, 11) is -3.68. The van der Waals surface area contributed by atoms with Gasteiger partial charge in [0, 0.05) is 22.4 Å². The van der Waals surface area contributed by atoms with E-state index >= 15 is 0 Å². The third kappa shape index (κ3) is 4.35. The Morgan fingerprint density at radius 3 is 2.52 bits per heavy atom. The Balaban J connectivity index is 2.14. The van der Waals surface area contributed by atoms with Gasteiger partial charge in [0.05, 0.1) is 16.3 Å². The summed E-state index contributed by atoms with van der Waals surface area (Å²) in [5.74, 6) is 0. The van der Waals surface area contributed by atoms with Gasteiger partial charge < -0.3 is 0 Å². The summed E-state index contributed by atoms with van der Waals surface area (Å²) >= 11 is 3.35. The summed E-state index contributed by atoms with van der Waals surface area (Å²) in [6.07, 6.45) is 3.39. The van der Waals surface area contributed by atoms with Crippen LogP contribution in [-0.4, -0.2) is 19.1 Å². The van der Waals surface area contributed by atoms with Gasteiger partial charge in [0.1, 0.15) is 0 Å². The summed E-state index contributed by atoms with van der Waals surface area (Å²) in [5.41, 5.74) is 5.13. The summed E-state index contributed by atoms with van der Waals surface area (Å²) in [6, 6.07) is 7.93. The second-order valence-electron chi connectivity index (χ2n) is 4.27. The van der Waals surface area contributed by atoms with Crippen molar-refractivity contribution in [3.05, 3.63) is 52.8 Å². The normalized spacial score (nSPS) is 12.2. The fraction of sp³-hybridized carbons (Fsp3) is 0.0769. The standard InChI is InChI=1S/C13H13BrN4O2S/c1-9(10-6-11(14)8-16-7-10)17-18-12-2-4-13(5-3-12)21(15,19)20/h2-8,18H,1H3,(H2,15,19,20)/b17-9+. The Morgan fingerprint density at radius 2 is 1.95 bits per heavy atom. The number of benzene rings is 1. The van der Waals surface area contributed by atoms with Crippen molar-refractivity contribution in [2.24, 2.45) is 10.2 Å². The number of halogens is 1. The third-order valence-corrected chi connectivity index (χ3v) is 4.02. The van der Waals surface area contributed by atoms with E-state index in [0.717, 1.165) is 15.7 Å². The first kappa shape index (κ1) is 15.6. The van der Waals surface area contributed by atoms with Gasteiger partial charge in [-0.3, -0.25) is 10.4 Å². The number of nitrogens with two attached hydrogens (primary N) is 1. The lowest BCUT2D eigenvalue weighted by atomic mass is 10.2. The van der Waals surface area contributed by atoms with Crippen molar-refractivity contribution in [1.82, 2.24) is 4.98 Å². The number of hydrazone groups is 1. The molecule has 21 heavy (non-hydrogen) atoms. The van der Waals surface area contributed by atoms with Crippen molar-refractivity contribution in [3.8, 4) is 0 Å². The highest BCUT2D eigenvalue weighted by Gasteiger charge is 2.06. The van der Waals surface area contributed by atoms with Crippen molar-refractivity contribution in [3.63, 3.8) is 0 Å². The van der Waals surface area contributed by atoms with Gasteiger partial charge in [0.2, 0.25) is 10.0 Å². The molecule has 0 spiro atoms. The fourth-order valence-electron chi connectivity index (χ4n) is 1.54. The number of nitrogens with one attached hydrogen (secondary N) is 1. The van der Waals surface area contributed by atoms with E-state index < -0.39 is 10.0 Å². The van der Waals surface area contributed by atoms with Crippen LogP contribution in [-0.2, 0) is 10.0 Å². The summed E-state index contributed by atoms with van der Waals surface area (Å²) in [5, 5.41) is 9.25. The van der Waals surface area contributed by atoms with Crippen LogP contribution in [0.3, 0.4) is 0 Å². The molecule has 0 bridgehead atoms. The van der Waals surface area contributed by atoms with Crippen LogP contribution in [0.1, 0.15) is 12.5 Å².